The van der Waals surface area contributed by atoms with E-state index in [9.17, 15) is 0 Å². The molecule has 1 saturated carbocycles. The summed E-state index contributed by atoms with van der Waals surface area (Å²) in [5.74, 6) is 2.61. The van der Waals surface area contributed by atoms with Crippen LogP contribution in [0.4, 0.5) is 0 Å². The normalized spacial score (nSPS) is 35.8. The van der Waals surface area contributed by atoms with Gasteiger partial charge in [-0.15, -0.1) is 0 Å². The Labute approximate surface area is 115 Å². The van der Waals surface area contributed by atoms with Crippen LogP contribution in [0.1, 0.15) is 43.0 Å². The maximum atomic E-state index is 4.43. The van der Waals surface area contributed by atoms with Crippen molar-refractivity contribution in [3.05, 3.63) is 29.6 Å². The van der Waals surface area contributed by atoms with Crippen molar-refractivity contribution < 1.29 is 0 Å². The molecule has 4 rings (SSSR count). The Balaban J connectivity index is 1.43. The highest BCUT2D eigenvalue weighted by molar-refractivity contribution is 5.24. The molecular weight excluding hydrogens is 234 g/mol. The third-order valence-corrected chi connectivity index (χ3v) is 5.42. The number of allylic oxidation sites excluding steroid dienone is 2. The monoisotopic (exact) mass is 257 g/mol. The smallest absolute Gasteiger partial charge is 0.0540 e. The van der Waals surface area contributed by atoms with Crippen molar-refractivity contribution in [3.8, 4) is 0 Å². The first-order valence-electron chi connectivity index (χ1n) is 7.73. The molecule has 4 unspecified atom stereocenters. The van der Waals surface area contributed by atoms with Crippen LogP contribution in [0.3, 0.4) is 0 Å². The lowest BCUT2D eigenvalue weighted by Gasteiger charge is -2.27. The lowest BCUT2D eigenvalue weighted by molar-refractivity contribution is 0.364. The third-order valence-electron chi connectivity index (χ3n) is 5.42. The van der Waals surface area contributed by atoms with E-state index in [-0.39, 0.29) is 0 Å². The van der Waals surface area contributed by atoms with E-state index in [1.807, 2.05) is 0 Å². The minimum Gasteiger partial charge on any atom is -0.310 e. The van der Waals surface area contributed by atoms with Gasteiger partial charge in [-0.25, -0.2) is 0 Å². The number of rotatable bonds is 3. The van der Waals surface area contributed by atoms with Gasteiger partial charge >= 0.3 is 0 Å². The molecule has 3 heteroatoms. The largest absolute Gasteiger partial charge is 0.310 e. The van der Waals surface area contributed by atoms with E-state index >= 15 is 0 Å². The van der Waals surface area contributed by atoms with Gasteiger partial charge in [0.2, 0.25) is 0 Å². The third kappa shape index (κ3) is 1.95. The van der Waals surface area contributed by atoms with Crippen LogP contribution in [0.15, 0.2) is 18.3 Å². The van der Waals surface area contributed by atoms with Crippen molar-refractivity contribution in [3.63, 3.8) is 0 Å². The predicted molar refractivity (Wildman–Crippen MR) is 75.7 cm³/mol. The highest BCUT2D eigenvalue weighted by Crippen LogP contribution is 2.43. The molecule has 3 aliphatic carbocycles. The Kier molecular flexibility index (Phi) is 2.76. The molecule has 2 bridgehead atoms. The van der Waals surface area contributed by atoms with Crippen molar-refractivity contribution in [2.24, 2.45) is 24.8 Å². The zero-order chi connectivity index (χ0) is 12.8. The van der Waals surface area contributed by atoms with Crippen LogP contribution in [0, 0.1) is 17.8 Å². The number of fused-ring (bicyclic) bond motifs is 3. The lowest BCUT2D eigenvalue weighted by Crippen LogP contribution is -2.31. The van der Waals surface area contributed by atoms with E-state index in [4.69, 9.17) is 0 Å². The number of aromatic nitrogens is 2. The number of nitrogens with zero attached hydrogens (tertiary/aromatic N) is 2. The second-order valence-electron chi connectivity index (χ2n) is 6.56. The molecule has 0 aromatic carbocycles. The molecule has 3 nitrogen and oxygen atoms in total. The molecule has 0 aliphatic heterocycles. The van der Waals surface area contributed by atoms with E-state index in [1.54, 1.807) is 0 Å². The van der Waals surface area contributed by atoms with Gasteiger partial charge in [0.15, 0.2) is 0 Å². The van der Waals surface area contributed by atoms with Gasteiger partial charge in [-0.05, 0) is 56.4 Å². The fraction of sp³-hybridized carbons (Fsp3) is 0.688. The molecule has 1 heterocycles. The van der Waals surface area contributed by atoms with Crippen molar-refractivity contribution in [2.75, 3.05) is 6.54 Å². The molecular formula is C16H23N3. The van der Waals surface area contributed by atoms with E-state index in [0.717, 1.165) is 17.8 Å². The zero-order valence-electron chi connectivity index (χ0n) is 11.7. The molecule has 1 aromatic heterocycles. The summed E-state index contributed by atoms with van der Waals surface area (Å²) in [5.41, 5.74) is 2.89. The molecule has 4 atom stereocenters. The van der Waals surface area contributed by atoms with Crippen LogP contribution < -0.4 is 5.32 Å². The molecule has 19 heavy (non-hydrogen) atoms. The van der Waals surface area contributed by atoms with Gasteiger partial charge in [0, 0.05) is 24.3 Å². The van der Waals surface area contributed by atoms with Gasteiger partial charge in [-0.2, -0.15) is 5.10 Å². The summed E-state index contributed by atoms with van der Waals surface area (Å²) in [7, 11) is 2.07. The molecule has 102 valence electrons. The number of hydrogen-bond acceptors (Lipinski definition) is 2. The van der Waals surface area contributed by atoms with E-state index < -0.39 is 0 Å². The van der Waals surface area contributed by atoms with E-state index in [2.05, 4.69) is 40.5 Å². The Morgan fingerprint density at radius 1 is 1.37 bits per heavy atom. The molecule has 0 amide bonds. The van der Waals surface area contributed by atoms with Crippen LogP contribution in [0.5, 0.6) is 0 Å². The van der Waals surface area contributed by atoms with Gasteiger partial charge in [0.25, 0.3) is 0 Å². The second kappa shape index (κ2) is 4.48. The standard InChI is InChI=1S/C16H23N3/c1-19-16-4-2-3-15(14(16)10-18-19)17-9-13-8-11-5-6-12(13)7-11/h5-6,10-13,15,17H,2-4,7-9H2,1H3. The van der Waals surface area contributed by atoms with Crippen LogP contribution in [0.2, 0.25) is 0 Å². The minimum absolute atomic E-state index is 0.542. The van der Waals surface area contributed by atoms with E-state index in [0.29, 0.717) is 6.04 Å². The lowest BCUT2D eigenvalue weighted by atomic mass is 9.90. The van der Waals surface area contributed by atoms with E-state index in [1.165, 1.54) is 49.9 Å². The fourth-order valence-corrected chi connectivity index (χ4v) is 4.34. The van der Waals surface area contributed by atoms with Gasteiger partial charge in [-0.1, -0.05) is 12.2 Å². The van der Waals surface area contributed by atoms with Crippen molar-refractivity contribution in [2.45, 2.75) is 38.1 Å². The average Bonchev–Trinajstić information content (AvgIpc) is 3.12. The first-order chi connectivity index (χ1) is 9.31. The highest BCUT2D eigenvalue weighted by atomic mass is 15.3. The summed E-state index contributed by atoms with van der Waals surface area (Å²) >= 11 is 0. The number of aryl methyl sites for hydroxylation is 1. The summed E-state index contributed by atoms with van der Waals surface area (Å²) < 4.78 is 2.06. The van der Waals surface area contributed by atoms with Crippen LogP contribution in [-0.2, 0) is 13.5 Å². The zero-order valence-corrected chi connectivity index (χ0v) is 11.7. The molecule has 0 saturated heterocycles. The molecule has 0 spiro atoms. The van der Waals surface area contributed by atoms with Crippen molar-refractivity contribution >= 4 is 0 Å². The van der Waals surface area contributed by atoms with Crippen LogP contribution in [0.25, 0.3) is 0 Å². The van der Waals surface area contributed by atoms with Gasteiger partial charge in [-0.3, -0.25) is 4.68 Å². The predicted octanol–water partition coefficient (Wildman–Crippen LogP) is 2.60. The number of hydrogen-bond donors (Lipinski definition) is 1. The minimum atomic E-state index is 0.542. The molecule has 1 N–H and O–H groups in total. The summed E-state index contributed by atoms with van der Waals surface area (Å²) in [6.45, 7) is 1.19. The number of nitrogens with one attached hydrogen (secondary N) is 1. The van der Waals surface area contributed by atoms with Gasteiger partial charge in [0.05, 0.1) is 6.20 Å². The summed E-state index contributed by atoms with van der Waals surface area (Å²) in [6, 6.07) is 0.542. The topological polar surface area (TPSA) is 29.9 Å². The highest BCUT2D eigenvalue weighted by Gasteiger charge is 2.35. The fourth-order valence-electron chi connectivity index (χ4n) is 4.34. The molecule has 3 aliphatic rings. The summed E-state index contributed by atoms with van der Waals surface area (Å²) in [5, 5.41) is 8.26. The first kappa shape index (κ1) is 11.7. The average molecular weight is 257 g/mol. The summed E-state index contributed by atoms with van der Waals surface area (Å²) in [6.07, 6.45) is 13.5. The van der Waals surface area contributed by atoms with Crippen molar-refractivity contribution in [1.82, 2.24) is 15.1 Å². The van der Waals surface area contributed by atoms with Gasteiger partial charge in [0.1, 0.15) is 0 Å². The van der Waals surface area contributed by atoms with Gasteiger partial charge < -0.3 is 5.32 Å². The summed E-state index contributed by atoms with van der Waals surface area (Å²) in [4.78, 5) is 0. The molecule has 0 radical (unpaired) electrons. The Hall–Kier alpha value is -1.09. The molecule has 1 aromatic rings. The Morgan fingerprint density at radius 2 is 2.32 bits per heavy atom. The SMILES string of the molecule is Cn1ncc2c1CCCC2NCC1CC2C=CC1C2. The molecule has 1 fully saturated rings. The first-order valence-corrected chi connectivity index (χ1v) is 7.73. The quantitative estimate of drug-likeness (QED) is 0.844. The van der Waals surface area contributed by atoms with Crippen LogP contribution in [-0.4, -0.2) is 16.3 Å². The maximum absolute atomic E-state index is 4.43. The van der Waals surface area contributed by atoms with Crippen LogP contribution >= 0.6 is 0 Å². The van der Waals surface area contributed by atoms with Crippen molar-refractivity contribution in [1.29, 1.82) is 0 Å². The second-order valence-corrected chi connectivity index (χ2v) is 6.56. The Morgan fingerprint density at radius 3 is 3.11 bits per heavy atom. The maximum Gasteiger partial charge on any atom is 0.0540 e. The Bertz CT molecular complexity index is 502.